The van der Waals surface area contributed by atoms with E-state index in [1.807, 2.05) is 0 Å². The SMILES string of the molecule is CC(=CC1COCCOCCOCCOc2c(CO)cccc2Oc2ccccc2O1)C(=O)O. The molecule has 0 bridgehead atoms. The summed E-state index contributed by atoms with van der Waals surface area (Å²) >= 11 is 0. The maximum atomic E-state index is 11.4. The second kappa shape index (κ2) is 13.6. The van der Waals surface area contributed by atoms with Gasteiger partial charge in [0.2, 0.25) is 0 Å². The first-order valence-electron chi connectivity index (χ1n) is 11.0. The molecule has 0 spiro atoms. The number of para-hydroxylation sites is 3. The van der Waals surface area contributed by atoms with E-state index in [1.54, 1.807) is 42.5 Å². The smallest absolute Gasteiger partial charge is 0.331 e. The zero-order valence-electron chi connectivity index (χ0n) is 19.1. The maximum absolute atomic E-state index is 11.4. The summed E-state index contributed by atoms with van der Waals surface area (Å²) in [6, 6.07) is 12.3. The molecule has 0 radical (unpaired) electrons. The highest BCUT2D eigenvalue weighted by atomic mass is 16.6. The van der Waals surface area contributed by atoms with E-state index in [4.69, 9.17) is 28.4 Å². The van der Waals surface area contributed by atoms with Gasteiger partial charge in [-0.2, -0.15) is 0 Å². The molecular weight excluding hydrogens is 444 g/mol. The van der Waals surface area contributed by atoms with Gasteiger partial charge >= 0.3 is 5.97 Å². The van der Waals surface area contributed by atoms with Crippen molar-refractivity contribution in [2.24, 2.45) is 0 Å². The lowest BCUT2D eigenvalue weighted by atomic mass is 10.2. The van der Waals surface area contributed by atoms with Crippen LogP contribution < -0.4 is 14.2 Å². The summed E-state index contributed by atoms with van der Waals surface area (Å²) in [5.41, 5.74) is 0.703. The minimum Gasteiger partial charge on any atom is -0.487 e. The summed E-state index contributed by atoms with van der Waals surface area (Å²) < 4.78 is 34.8. The Kier molecular flexibility index (Phi) is 10.2. The molecule has 1 heterocycles. The molecule has 34 heavy (non-hydrogen) atoms. The minimum absolute atomic E-state index is 0.118. The van der Waals surface area contributed by atoms with Crippen molar-refractivity contribution in [1.29, 1.82) is 0 Å². The van der Waals surface area contributed by atoms with Crippen molar-refractivity contribution >= 4 is 5.97 Å². The molecule has 1 aliphatic rings. The lowest BCUT2D eigenvalue weighted by molar-refractivity contribution is -0.132. The van der Waals surface area contributed by atoms with Crippen molar-refractivity contribution < 1.29 is 43.4 Å². The molecule has 184 valence electrons. The predicted octanol–water partition coefficient (Wildman–Crippen LogP) is 3.19. The average molecular weight is 475 g/mol. The number of carboxylic acid groups (broad SMARTS) is 1. The molecule has 2 aromatic rings. The molecular formula is C25H30O9. The third kappa shape index (κ3) is 7.74. The zero-order chi connectivity index (χ0) is 24.2. The van der Waals surface area contributed by atoms with E-state index in [0.717, 1.165) is 0 Å². The summed E-state index contributed by atoms with van der Waals surface area (Å²) in [4.78, 5) is 11.4. The Morgan fingerprint density at radius 1 is 0.912 bits per heavy atom. The largest absolute Gasteiger partial charge is 0.487 e. The van der Waals surface area contributed by atoms with Crippen LogP contribution >= 0.6 is 0 Å². The zero-order valence-corrected chi connectivity index (χ0v) is 19.1. The molecule has 0 amide bonds. The molecule has 0 saturated heterocycles. The molecule has 9 heteroatoms. The number of ether oxygens (including phenoxy) is 6. The number of hydrogen-bond donors (Lipinski definition) is 2. The van der Waals surface area contributed by atoms with Gasteiger partial charge in [0.15, 0.2) is 23.0 Å². The normalized spacial score (nSPS) is 18.6. The average Bonchev–Trinajstić information content (AvgIpc) is 2.83. The van der Waals surface area contributed by atoms with Crippen molar-refractivity contribution in [1.82, 2.24) is 0 Å². The first-order chi connectivity index (χ1) is 16.6. The number of fused-ring (bicyclic) bond motifs is 2. The summed E-state index contributed by atoms with van der Waals surface area (Å²) in [5.74, 6) is 0.555. The molecule has 0 aliphatic carbocycles. The van der Waals surface area contributed by atoms with Crippen LogP contribution in [0.4, 0.5) is 0 Å². The van der Waals surface area contributed by atoms with E-state index >= 15 is 0 Å². The van der Waals surface area contributed by atoms with Gasteiger partial charge in [-0.3, -0.25) is 0 Å². The van der Waals surface area contributed by atoms with Crippen molar-refractivity contribution in [2.75, 3.05) is 46.2 Å². The first-order valence-corrected chi connectivity index (χ1v) is 11.0. The van der Waals surface area contributed by atoms with Crippen LogP contribution in [0.15, 0.2) is 54.1 Å². The molecule has 2 N–H and O–H groups in total. The monoisotopic (exact) mass is 474 g/mol. The van der Waals surface area contributed by atoms with Gasteiger partial charge in [-0.05, 0) is 31.2 Å². The predicted molar refractivity (Wildman–Crippen MR) is 123 cm³/mol. The van der Waals surface area contributed by atoms with Crippen LogP contribution in [-0.2, 0) is 25.6 Å². The fourth-order valence-corrected chi connectivity index (χ4v) is 3.15. The summed E-state index contributed by atoms with van der Waals surface area (Å²) in [7, 11) is 0. The summed E-state index contributed by atoms with van der Waals surface area (Å²) in [5, 5.41) is 19.1. The van der Waals surface area contributed by atoms with Crippen molar-refractivity contribution in [3.63, 3.8) is 0 Å². The second-order valence-corrected chi connectivity index (χ2v) is 7.41. The minimum atomic E-state index is -1.04. The van der Waals surface area contributed by atoms with E-state index in [-0.39, 0.29) is 25.4 Å². The van der Waals surface area contributed by atoms with E-state index in [9.17, 15) is 15.0 Å². The van der Waals surface area contributed by atoms with Gasteiger partial charge in [0, 0.05) is 11.1 Å². The Morgan fingerprint density at radius 3 is 2.26 bits per heavy atom. The molecule has 0 fully saturated rings. The quantitative estimate of drug-likeness (QED) is 0.648. The molecule has 1 atom stereocenters. The molecule has 9 nitrogen and oxygen atoms in total. The highest BCUT2D eigenvalue weighted by Gasteiger charge is 2.17. The molecule has 0 saturated carbocycles. The summed E-state index contributed by atoms with van der Waals surface area (Å²) in [6.45, 7) is 3.47. The highest BCUT2D eigenvalue weighted by molar-refractivity contribution is 5.85. The second-order valence-electron chi connectivity index (χ2n) is 7.41. The molecule has 1 unspecified atom stereocenters. The fraction of sp³-hybridized carbons (Fsp3) is 0.400. The number of aliphatic hydroxyl groups excluding tert-OH is 1. The Labute approximate surface area is 198 Å². The molecule has 1 aliphatic heterocycles. The standard InChI is InChI=1S/C25H30O9/c1-18(25(27)28)15-20-17-31-12-11-29-9-10-30-13-14-32-24-19(16-26)5-4-8-23(24)34-22-7-3-2-6-21(22)33-20/h2-8,15,20,26H,9-14,16-17H2,1H3,(H,27,28). The van der Waals surface area contributed by atoms with Crippen LogP contribution in [0, 0.1) is 0 Å². The van der Waals surface area contributed by atoms with E-state index in [0.29, 0.717) is 61.6 Å². The summed E-state index contributed by atoms with van der Waals surface area (Å²) in [6.07, 6.45) is 0.815. The Morgan fingerprint density at radius 2 is 1.56 bits per heavy atom. The van der Waals surface area contributed by atoms with Crippen molar-refractivity contribution in [3.05, 3.63) is 59.7 Å². The number of carboxylic acids is 1. The number of carbonyl (C=O) groups is 1. The number of hydrogen-bond acceptors (Lipinski definition) is 8. The van der Waals surface area contributed by atoms with Crippen molar-refractivity contribution in [3.8, 4) is 23.0 Å². The van der Waals surface area contributed by atoms with Crippen LogP contribution in [0.5, 0.6) is 23.0 Å². The van der Waals surface area contributed by atoms with Crippen LogP contribution in [0.3, 0.4) is 0 Å². The number of aliphatic carboxylic acids is 1. The Bertz CT molecular complexity index is 957. The Balaban J connectivity index is 1.91. The lowest BCUT2D eigenvalue weighted by Gasteiger charge is -2.21. The number of rotatable bonds is 3. The molecule has 2 aromatic carbocycles. The van der Waals surface area contributed by atoms with Crippen LogP contribution in [-0.4, -0.2) is 68.5 Å². The van der Waals surface area contributed by atoms with E-state index in [2.05, 4.69) is 0 Å². The van der Waals surface area contributed by atoms with E-state index in [1.165, 1.54) is 13.0 Å². The molecule has 3 rings (SSSR count). The van der Waals surface area contributed by atoms with Gasteiger partial charge in [-0.25, -0.2) is 4.79 Å². The molecule has 0 aromatic heterocycles. The fourth-order valence-electron chi connectivity index (χ4n) is 3.15. The van der Waals surface area contributed by atoms with E-state index < -0.39 is 12.1 Å². The van der Waals surface area contributed by atoms with Gasteiger partial charge in [-0.1, -0.05) is 24.3 Å². The van der Waals surface area contributed by atoms with Gasteiger partial charge in [0.25, 0.3) is 0 Å². The van der Waals surface area contributed by atoms with Crippen LogP contribution in [0.2, 0.25) is 0 Å². The third-order valence-electron chi connectivity index (χ3n) is 4.85. The maximum Gasteiger partial charge on any atom is 0.331 e. The van der Waals surface area contributed by atoms with Gasteiger partial charge in [-0.15, -0.1) is 0 Å². The highest BCUT2D eigenvalue weighted by Crippen LogP contribution is 2.38. The van der Waals surface area contributed by atoms with Gasteiger partial charge in [0.05, 0.1) is 46.2 Å². The number of benzene rings is 2. The third-order valence-corrected chi connectivity index (χ3v) is 4.85. The van der Waals surface area contributed by atoms with Gasteiger partial charge in [0.1, 0.15) is 12.7 Å². The van der Waals surface area contributed by atoms with Crippen LogP contribution in [0.25, 0.3) is 0 Å². The van der Waals surface area contributed by atoms with Gasteiger partial charge < -0.3 is 38.6 Å². The Hall–Kier alpha value is -3.11. The number of aliphatic hydroxyl groups is 1. The topological polar surface area (TPSA) is 113 Å². The lowest BCUT2D eigenvalue weighted by Crippen LogP contribution is -2.24. The van der Waals surface area contributed by atoms with Crippen LogP contribution in [0.1, 0.15) is 12.5 Å². The van der Waals surface area contributed by atoms with Crippen molar-refractivity contribution in [2.45, 2.75) is 19.6 Å². The first kappa shape index (κ1) is 25.5.